The summed E-state index contributed by atoms with van der Waals surface area (Å²) in [5.41, 5.74) is 1.69. The zero-order valence-corrected chi connectivity index (χ0v) is 16.1. The summed E-state index contributed by atoms with van der Waals surface area (Å²) in [5, 5.41) is 8.44. The van der Waals surface area contributed by atoms with Crippen LogP contribution in [0.2, 0.25) is 0 Å². The van der Waals surface area contributed by atoms with Gasteiger partial charge in [0.15, 0.2) is 5.11 Å². The number of anilines is 2. The fourth-order valence-corrected chi connectivity index (χ4v) is 3.01. The van der Waals surface area contributed by atoms with Crippen LogP contribution in [0.15, 0.2) is 60.7 Å². The van der Waals surface area contributed by atoms with Gasteiger partial charge in [-0.3, -0.25) is 0 Å². The molecule has 0 atom stereocenters. The number of carbonyl (C=O) groups excluding carboxylic acids is 2. The zero-order valence-electron chi connectivity index (χ0n) is 15.3. The maximum absolute atomic E-state index is 12.1. The fraction of sp³-hybridized carbons (Fsp3) is 0.0952. The van der Waals surface area contributed by atoms with E-state index >= 15 is 0 Å². The van der Waals surface area contributed by atoms with E-state index in [1.54, 1.807) is 0 Å². The molecule has 0 aliphatic carbocycles. The van der Waals surface area contributed by atoms with E-state index in [0.717, 1.165) is 16.5 Å². The summed E-state index contributed by atoms with van der Waals surface area (Å²) >= 11 is 5.41. The molecule has 0 unspecified atom stereocenters. The summed E-state index contributed by atoms with van der Waals surface area (Å²) in [6, 6.07) is 18.2. The Morgan fingerprint density at radius 1 is 0.821 bits per heavy atom. The van der Waals surface area contributed by atoms with E-state index in [1.165, 1.54) is 32.4 Å². The van der Waals surface area contributed by atoms with Crippen LogP contribution in [0.25, 0.3) is 10.8 Å². The van der Waals surface area contributed by atoms with E-state index in [-0.39, 0.29) is 16.2 Å². The molecule has 0 fully saturated rings. The van der Waals surface area contributed by atoms with Gasteiger partial charge in [-0.15, -0.1) is 0 Å². The minimum absolute atomic E-state index is 0.247. The largest absolute Gasteiger partial charge is 0.465 e. The minimum Gasteiger partial charge on any atom is -0.465 e. The van der Waals surface area contributed by atoms with Crippen molar-refractivity contribution in [3.05, 3.63) is 71.8 Å². The standard InChI is InChI=1S/C21H18N2O4S/c1-26-19(24)14-10-11-16(20(25)27-2)18(12-14)23-21(28)22-17-9-5-7-13-6-3-4-8-15(13)17/h3-12H,1-2H3,(H2,22,23,28). The molecule has 7 heteroatoms. The molecular weight excluding hydrogens is 376 g/mol. The molecule has 6 nitrogen and oxygen atoms in total. The van der Waals surface area contributed by atoms with E-state index in [4.69, 9.17) is 21.7 Å². The molecular formula is C21H18N2O4S. The molecule has 3 rings (SSSR count). The summed E-state index contributed by atoms with van der Waals surface area (Å²) < 4.78 is 9.54. The fourth-order valence-electron chi connectivity index (χ4n) is 2.79. The van der Waals surface area contributed by atoms with E-state index < -0.39 is 11.9 Å². The average Bonchev–Trinajstić information content (AvgIpc) is 2.72. The van der Waals surface area contributed by atoms with Crippen LogP contribution < -0.4 is 10.6 Å². The predicted molar refractivity (Wildman–Crippen MR) is 113 cm³/mol. The van der Waals surface area contributed by atoms with Crippen molar-refractivity contribution in [3.8, 4) is 0 Å². The van der Waals surface area contributed by atoms with Crippen molar-refractivity contribution in [3.63, 3.8) is 0 Å². The lowest BCUT2D eigenvalue weighted by Gasteiger charge is -2.15. The SMILES string of the molecule is COC(=O)c1ccc(C(=O)OC)c(NC(=S)Nc2cccc3ccccc23)c1. The highest BCUT2D eigenvalue weighted by Gasteiger charge is 2.16. The Kier molecular flexibility index (Phi) is 5.86. The van der Waals surface area contributed by atoms with Gasteiger partial charge in [0, 0.05) is 11.1 Å². The van der Waals surface area contributed by atoms with E-state index in [1.807, 2.05) is 42.5 Å². The Morgan fingerprint density at radius 3 is 2.25 bits per heavy atom. The number of ether oxygens (including phenoxy) is 2. The van der Waals surface area contributed by atoms with Gasteiger partial charge in [-0.2, -0.15) is 0 Å². The monoisotopic (exact) mass is 394 g/mol. The highest BCUT2D eigenvalue weighted by atomic mass is 32.1. The van der Waals surface area contributed by atoms with Crippen LogP contribution >= 0.6 is 12.2 Å². The molecule has 0 aromatic heterocycles. The van der Waals surface area contributed by atoms with Crippen LogP contribution in [-0.2, 0) is 9.47 Å². The van der Waals surface area contributed by atoms with Gasteiger partial charge in [-0.1, -0.05) is 36.4 Å². The Balaban J connectivity index is 1.89. The molecule has 0 heterocycles. The lowest BCUT2D eigenvalue weighted by Crippen LogP contribution is -2.21. The minimum atomic E-state index is -0.549. The van der Waals surface area contributed by atoms with Crippen molar-refractivity contribution in [2.75, 3.05) is 24.9 Å². The summed E-state index contributed by atoms with van der Waals surface area (Å²) in [5.74, 6) is -1.07. The molecule has 0 saturated carbocycles. The summed E-state index contributed by atoms with van der Waals surface area (Å²) in [7, 11) is 2.57. The number of carbonyl (C=O) groups is 2. The summed E-state index contributed by atoms with van der Waals surface area (Å²) in [6.45, 7) is 0. The number of fused-ring (bicyclic) bond motifs is 1. The molecule has 0 saturated heterocycles. The van der Waals surface area contributed by atoms with Crippen LogP contribution in [-0.4, -0.2) is 31.3 Å². The first-order valence-electron chi connectivity index (χ1n) is 8.40. The van der Waals surface area contributed by atoms with Crippen LogP contribution in [0.4, 0.5) is 11.4 Å². The third kappa shape index (κ3) is 4.10. The lowest BCUT2D eigenvalue weighted by molar-refractivity contribution is 0.0587. The van der Waals surface area contributed by atoms with Crippen LogP contribution in [0.3, 0.4) is 0 Å². The molecule has 0 spiro atoms. The van der Waals surface area contributed by atoms with E-state index in [9.17, 15) is 9.59 Å². The van der Waals surface area contributed by atoms with Crippen molar-refractivity contribution in [1.82, 2.24) is 0 Å². The summed E-state index contributed by atoms with van der Waals surface area (Å²) in [6.07, 6.45) is 0. The number of methoxy groups -OCH3 is 2. The van der Waals surface area contributed by atoms with Crippen molar-refractivity contribution in [2.45, 2.75) is 0 Å². The van der Waals surface area contributed by atoms with Gasteiger partial charge in [-0.25, -0.2) is 9.59 Å². The Bertz CT molecular complexity index is 1060. The quantitative estimate of drug-likeness (QED) is 0.507. The number of nitrogens with one attached hydrogen (secondary N) is 2. The van der Waals surface area contributed by atoms with Gasteiger partial charge in [0.1, 0.15) is 0 Å². The average molecular weight is 394 g/mol. The molecule has 0 radical (unpaired) electrons. The first kappa shape index (κ1) is 19.3. The van der Waals surface area contributed by atoms with Crippen molar-refractivity contribution >= 4 is 51.4 Å². The van der Waals surface area contributed by atoms with Gasteiger partial charge < -0.3 is 20.1 Å². The Morgan fingerprint density at radius 2 is 1.50 bits per heavy atom. The number of esters is 2. The van der Waals surface area contributed by atoms with Gasteiger partial charge in [0.25, 0.3) is 0 Å². The Hall–Kier alpha value is -3.45. The van der Waals surface area contributed by atoms with Crippen molar-refractivity contribution in [1.29, 1.82) is 0 Å². The third-order valence-corrected chi connectivity index (χ3v) is 4.34. The van der Waals surface area contributed by atoms with E-state index in [2.05, 4.69) is 10.6 Å². The first-order chi connectivity index (χ1) is 13.5. The number of rotatable bonds is 4. The number of benzene rings is 3. The van der Waals surface area contributed by atoms with Crippen molar-refractivity contribution in [2.24, 2.45) is 0 Å². The first-order valence-corrected chi connectivity index (χ1v) is 8.80. The highest BCUT2D eigenvalue weighted by molar-refractivity contribution is 7.80. The zero-order chi connectivity index (χ0) is 20.1. The van der Waals surface area contributed by atoms with Gasteiger partial charge in [0.2, 0.25) is 0 Å². The maximum Gasteiger partial charge on any atom is 0.339 e. The van der Waals surface area contributed by atoms with Gasteiger partial charge in [0.05, 0.1) is 31.0 Å². The highest BCUT2D eigenvalue weighted by Crippen LogP contribution is 2.24. The summed E-state index contributed by atoms with van der Waals surface area (Å²) in [4.78, 5) is 23.9. The molecule has 0 aliphatic heterocycles. The van der Waals surface area contributed by atoms with Crippen molar-refractivity contribution < 1.29 is 19.1 Å². The molecule has 3 aromatic carbocycles. The topological polar surface area (TPSA) is 76.7 Å². The second-order valence-electron chi connectivity index (χ2n) is 5.85. The smallest absolute Gasteiger partial charge is 0.339 e. The molecule has 2 N–H and O–H groups in total. The number of hydrogen-bond acceptors (Lipinski definition) is 5. The number of hydrogen-bond donors (Lipinski definition) is 2. The number of thiocarbonyl (C=S) groups is 1. The van der Waals surface area contributed by atoms with Crippen LogP contribution in [0.1, 0.15) is 20.7 Å². The molecule has 3 aromatic rings. The van der Waals surface area contributed by atoms with Gasteiger partial charge >= 0.3 is 11.9 Å². The molecule has 142 valence electrons. The maximum atomic E-state index is 12.1. The predicted octanol–water partition coefficient (Wildman–Crippen LogP) is 4.22. The Labute approximate surface area is 167 Å². The molecule has 28 heavy (non-hydrogen) atoms. The molecule has 0 amide bonds. The second-order valence-corrected chi connectivity index (χ2v) is 6.26. The molecule has 0 bridgehead atoms. The van der Waals surface area contributed by atoms with Crippen LogP contribution in [0, 0.1) is 0 Å². The second kappa shape index (κ2) is 8.49. The molecule has 0 aliphatic rings. The third-order valence-electron chi connectivity index (χ3n) is 4.13. The van der Waals surface area contributed by atoms with Gasteiger partial charge in [-0.05, 0) is 41.9 Å². The lowest BCUT2D eigenvalue weighted by atomic mass is 10.1. The normalized spacial score (nSPS) is 10.2. The van der Waals surface area contributed by atoms with E-state index in [0.29, 0.717) is 5.69 Å². The van der Waals surface area contributed by atoms with Crippen LogP contribution in [0.5, 0.6) is 0 Å².